The molecule has 1 nitrogen and oxygen atoms in total. The van der Waals surface area contributed by atoms with Crippen LogP contribution < -0.4 is 5.73 Å². The maximum Gasteiger partial charge on any atom is 0.166 e. The first-order chi connectivity index (χ1) is 6.57. The summed E-state index contributed by atoms with van der Waals surface area (Å²) in [4.78, 5) is 0. The van der Waals surface area contributed by atoms with E-state index in [1.54, 1.807) is 0 Å². The van der Waals surface area contributed by atoms with Gasteiger partial charge in [-0.05, 0) is 18.6 Å². The van der Waals surface area contributed by atoms with Crippen molar-refractivity contribution in [1.82, 2.24) is 0 Å². The molecule has 0 saturated heterocycles. The first-order valence-corrected chi connectivity index (χ1v) is 4.07. The molecule has 0 bridgehead atoms. The van der Waals surface area contributed by atoms with E-state index < -0.39 is 29.1 Å². The monoisotopic (exact) mass is 201 g/mol. The van der Waals surface area contributed by atoms with Crippen LogP contribution in [0.25, 0.3) is 0 Å². The van der Waals surface area contributed by atoms with Crippen LogP contribution in [0.1, 0.15) is 18.0 Å². The molecule has 0 fully saturated rings. The fraction of sp³-hybridized carbons (Fsp3) is 0.200. The lowest BCUT2D eigenvalue weighted by Crippen LogP contribution is -2.14. The van der Waals surface area contributed by atoms with Crippen LogP contribution in [0.4, 0.5) is 13.2 Å². The molecule has 0 aliphatic heterocycles. The second-order valence-corrected chi connectivity index (χ2v) is 2.89. The van der Waals surface area contributed by atoms with Crippen LogP contribution in [-0.2, 0) is 0 Å². The zero-order chi connectivity index (χ0) is 10.7. The lowest BCUT2D eigenvalue weighted by molar-refractivity contribution is 0.465. The van der Waals surface area contributed by atoms with Crippen molar-refractivity contribution >= 4 is 0 Å². The summed E-state index contributed by atoms with van der Waals surface area (Å²) in [6.45, 7) is 3.39. The number of nitrogens with two attached hydrogens (primary N) is 1. The van der Waals surface area contributed by atoms with E-state index in [2.05, 4.69) is 6.58 Å². The van der Waals surface area contributed by atoms with Crippen LogP contribution in [-0.4, -0.2) is 0 Å². The molecule has 1 atom stereocenters. The Hall–Kier alpha value is -1.29. The molecule has 0 unspecified atom stereocenters. The van der Waals surface area contributed by atoms with Gasteiger partial charge in [0.15, 0.2) is 11.6 Å². The van der Waals surface area contributed by atoms with E-state index in [1.807, 2.05) is 0 Å². The first kappa shape index (κ1) is 10.8. The summed E-state index contributed by atoms with van der Waals surface area (Å²) in [5.41, 5.74) is 5.03. The van der Waals surface area contributed by atoms with Crippen LogP contribution >= 0.6 is 0 Å². The minimum Gasteiger partial charge on any atom is -0.324 e. The van der Waals surface area contributed by atoms with Gasteiger partial charge in [0, 0.05) is 11.6 Å². The Morgan fingerprint density at radius 3 is 2.43 bits per heavy atom. The van der Waals surface area contributed by atoms with Gasteiger partial charge in [0.05, 0.1) is 0 Å². The van der Waals surface area contributed by atoms with Crippen LogP contribution in [0.5, 0.6) is 0 Å². The van der Waals surface area contributed by atoms with Gasteiger partial charge in [0.2, 0.25) is 0 Å². The van der Waals surface area contributed by atoms with E-state index >= 15 is 0 Å². The fourth-order valence-electron chi connectivity index (χ4n) is 1.18. The van der Waals surface area contributed by atoms with Gasteiger partial charge >= 0.3 is 0 Å². The van der Waals surface area contributed by atoms with E-state index in [1.165, 1.54) is 6.08 Å². The summed E-state index contributed by atoms with van der Waals surface area (Å²) in [5, 5.41) is 0. The normalized spacial score (nSPS) is 12.6. The van der Waals surface area contributed by atoms with Crippen molar-refractivity contribution < 1.29 is 13.2 Å². The lowest BCUT2D eigenvalue weighted by atomic mass is 10.0. The van der Waals surface area contributed by atoms with Crippen LogP contribution in [0, 0.1) is 17.5 Å². The Morgan fingerprint density at radius 2 is 1.86 bits per heavy atom. The molecule has 1 aromatic carbocycles. The van der Waals surface area contributed by atoms with Gasteiger partial charge in [-0.3, -0.25) is 0 Å². The van der Waals surface area contributed by atoms with Crippen molar-refractivity contribution in [3.05, 3.63) is 47.8 Å². The molecule has 0 aromatic heterocycles. The molecule has 1 aromatic rings. The number of halogens is 3. The molecule has 0 aliphatic rings. The molecule has 0 amide bonds. The zero-order valence-corrected chi connectivity index (χ0v) is 7.43. The smallest absolute Gasteiger partial charge is 0.166 e. The zero-order valence-electron chi connectivity index (χ0n) is 7.43. The van der Waals surface area contributed by atoms with Crippen LogP contribution in [0.2, 0.25) is 0 Å². The van der Waals surface area contributed by atoms with Gasteiger partial charge in [-0.1, -0.05) is 6.08 Å². The minimum atomic E-state index is -1.22. The lowest BCUT2D eigenvalue weighted by Gasteiger charge is -2.11. The molecule has 1 rings (SSSR count). The van der Waals surface area contributed by atoms with E-state index in [0.29, 0.717) is 0 Å². The number of hydrogen-bond acceptors (Lipinski definition) is 1. The molecule has 0 heterocycles. The quantitative estimate of drug-likeness (QED) is 0.590. The molecule has 4 heteroatoms. The van der Waals surface area contributed by atoms with Gasteiger partial charge in [-0.2, -0.15) is 0 Å². The van der Waals surface area contributed by atoms with E-state index in [-0.39, 0.29) is 6.42 Å². The largest absolute Gasteiger partial charge is 0.324 e. The van der Waals surface area contributed by atoms with Crippen molar-refractivity contribution in [3.63, 3.8) is 0 Å². The van der Waals surface area contributed by atoms with E-state index in [0.717, 1.165) is 12.1 Å². The van der Waals surface area contributed by atoms with Gasteiger partial charge in [-0.15, -0.1) is 6.58 Å². The third-order valence-electron chi connectivity index (χ3n) is 1.87. The van der Waals surface area contributed by atoms with Gasteiger partial charge in [0.25, 0.3) is 0 Å². The highest BCUT2D eigenvalue weighted by atomic mass is 19.2. The molecule has 0 spiro atoms. The van der Waals surface area contributed by atoms with E-state index in [4.69, 9.17) is 5.73 Å². The van der Waals surface area contributed by atoms with Crippen molar-refractivity contribution in [2.45, 2.75) is 12.5 Å². The Labute approximate surface area is 80.0 Å². The van der Waals surface area contributed by atoms with Gasteiger partial charge < -0.3 is 5.73 Å². The molecule has 0 aliphatic carbocycles. The summed E-state index contributed by atoms with van der Waals surface area (Å²) in [7, 11) is 0. The summed E-state index contributed by atoms with van der Waals surface area (Å²) >= 11 is 0. The number of rotatable bonds is 3. The Balaban J connectivity index is 3.17. The van der Waals surface area contributed by atoms with E-state index in [9.17, 15) is 13.2 Å². The predicted molar refractivity (Wildman–Crippen MR) is 48.1 cm³/mol. The highest BCUT2D eigenvalue weighted by Crippen LogP contribution is 2.23. The first-order valence-electron chi connectivity index (χ1n) is 4.07. The van der Waals surface area contributed by atoms with Crippen molar-refractivity contribution in [2.24, 2.45) is 5.73 Å². The maximum absolute atomic E-state index is 13.1. The van der Waals surface area contributed by atoms with Crippen molar-refractivity contribution in [1.29, 1.82) is 0 Å². The van der Waals surface area contributed by atoms with Crippen molar-refractivity contribution in [3.8, 4) is 0 Å². The maximum atomic E-state index is 13.1. The summed E-state index contributed by atoms with van der Waals surface area (Å²) in [6, 6.07) is 0.689. The van der Waals surface area contributed by atoms with Crippen LogP contribution in [0.15, 0.2) is 24.8 Å². The molecule has 76 valence electrons. The molecule has 14 heavy (non-hydrogen) atoms. The molecule has 2 N–H and O–H groups in total. The minimum absolute atomic E-state index is 0.192. The second kappa shape index (κ2) is 4.28. The number of hydrogen-bond donors (Lipinski definition) is 1. The highest BCUT2D eigenvalue weighted by Gasteiger charge is 2.18. The average Bonchev–Trinajstić information content (AvgIpc) is 2.13. The standard InChI is InChI=1S/C10H10F3N/c1-2-3-8(14)9-6(11)4-5-7(12)10(9)13/h2,4-5,8H,1,3,14H2/t8-/m1/s1. The summed E-state index contributed by atoms with van der Waals surface area (Å²) in [6.07, 6.45) is 1.62. The number of benzene rings is 1. The molecular formula is C10H10F3N. The average molecular weight is 201 g/mol. The highest BCUT2D eigenvalue weighted by molar-refractivity contribution is 5.24. The van der Waals surface area contributed by atoms with Crippen LogP contribution in [0.3, 0.4) is 0 Å². The SMILES string of the molecule is C=CC[C@@H](N)c1c(F)ccc(F)c1F. The third kappa shape index (κ3) is 1.96. The molecular weight excluding hydrogens is 191 g/mol. The predicted octanol–water partition coefficient (Wildman–Crippen LogP) is 2.68. The van der Waals surface area contributed by atoms with Gasteiger partial charge in [-0.25, -0.2) is 13.2 Å². The Bertz CT molecular complexity index is 349. The summed E-state index contributed by atoms with van der Waals surface area (Å²) < 4.78 is 38.9. The van der Waals surface area contributed by atoms with Crippen molar-refractivity contribution in [2.75, 3.05) is 0 Å². The topological polar surface area (TPSA) is 26.0 Å². The fourth-order valence-corrected chi connectivity index (χ4v) is 1.18. The molecule has 0 radical (unpaired) electrons. The Kier molecular flexibility index (Phi) is 3.30. The summed E-state index contributed by atoms with van der Waals surface area (Å²) in [5.74, 6) is -3.15. The Morgan fingerprint density at radius 1 is 1.29 bits per heavy atom. The molecule has 0 saturated carbocycles. The second-order valence-electron chi connectivity index (χ2n) is 2.89. The van der Waals surface area contributed by atoms with Gasteiger partial charge in [0.1, 0.15) is 5.82 Å². The third-order valence-corrected chi connectivity index (χ3v) is 1.87.